The van der Waals surface area contributed by atoms with Crippen molar-refractivity contribution in [3.8, 4) is 28.7 Å². The minimum absolute atomic E-state index is 0.169. The second-order valence-electron chi connectivity index (χ2n) is 5.41. The van der Waals surface area contributed by atoms with Gasteiger partial charge in [0.05, 0.1) is 7.11 Å². The van der Waals surface area contributed by atoms with E-state index < -0.39 is 0 Å². The summed E-state index contributed by atoms with van der Waals surface area (Å²) in [6.45, 7) is 2.23. The number of halogens is 1. The second kappa shape index (κ2) is 5.53. The van der Waals surface area contributed by atoms with Crippen molar-refractivity contribution in [1.82, 2.24) is 0 Å². The summed E-state index contributed by atoms with van der Waals surface area (Å²) in [5, 5.41) is 0. The molecule has 6 heteroatoms. The van der Waals surface area contributed by atoms with Gasteiger partial charge in [0.1, 0.15) is 6.10 Å². The van der Waals surface area contributed by atoms with Gasteiger partial charge < -0.3 is 23.7 Å². The molecule has 2 aliphatic heterocycles. The van der Waals surface area contributed by atoms with Crippen molar-refractivity contribution in [2.75, 3.05) is 13.9 Å². The first-order valence-electron chi connectivity index (χ1n) is 7.26. The van der Waals surface area contributed by atoms with E-state index in [0.29, 0.717) is 17.2 Å². The van der Waals surface area contributed by atoms with Crippen molar-refractivity contribution < 1.29 is 23.7 Å². The number of ether oxygens (including phenoxy) is 5. The molecule has 23 heavy (non-hydrogen) atoms. The summed E-state index contributed by atoms with van der Waals surface area (Å²) in [7, 11) is 1.61. The summed E-state index contributed by atoms with van der Waals surface area (Å²) in [5.74, 6) is 3.40. The lowest BCUT2D eigenvalue weighted by Gasteiger charge is -2.33. The van der Waals surface area contributed by atoms with Gasteiger partial charge >= 0.3 is 0 Å². The third-order valence-electron chi connectivity index (χ3n) is 3.91. The summed E-state index contributed by atoms with van der Waals surface area (Å²) >= 11 is 3.46. The first kappa shape index (κ1) is 14.5. The predicted octanol–water partition coefficient (Wildman–Crippen LogP) is 4.09. The van der Waals surface area contributed by atoms with Crippen LogP contribution in [-0.4, -0.2) is 20.0 Å². The lowest BCUT2D eigenvalue weighted by atomic mass is 10.0. The molecule has 0 aromatic heterocycles. The normalized spacial score (nSPS) is 21.2. The van der Waals surface area contributed by atoms with Crippen LogP contribution >= 0.6 is 15.9 Å². The van der Waals surface area contributed by atoms with Gasteiger partial charge in [-0.15, -0.1) is 0 Å². The smallest absolute Gasteiger partial charge is 0.231 e. The Morgan fingerprint density at radius 3 is 2.70 bits per heavy atom. The quantitative estimate of drug-likeness (QED) is 0.787. The highest BCUT2D eigenvalue weighted by atomic mass is 79.9. The predicted molar refractivity (Wildman–Crippen MR) is 86.7 cm³/mol. The summed E-state index contributed by atoms with van der Waals surface area (Å²) in [4.78, 5) is 0. The molecular weight excluding hydrogens is 364 g/mol. The SMILES string of the molecule is COc1cc(Br)cc2c1O[C@H](C)[C@H](c1ccc3c(c1)OCO3)O2. The molecule has 4 rings (SSSR count). The van der Waals surface area contributed by atoms with Gasteiger partial charge in [-0.3, -0.25) is 0 Å². The third kappa shape index (κ3) is 2.47. The molecule has 2 aliphatic rings. The summed E-state index contributed by atoms with van der Waals surface area (Å²) in [5.41, 5.74) is 0.978. The molecule has 5 nitrogen and oxygen atoms in total. The molecule has 0 unspecified atom stereocenters. The minimum atomic E-state index is -0.240. The van der Waals surface area contributed by atoms with E-state index in [1.54, 1.807) is 7.11 Å². The number of hydrogen-bond donors (Lipinski definition) is 0. The van der Waals surface area contributed by atoms with Gasteiger partial charge in [0.25, 0.3) is 0 Å². The largest absolute Gasteiger partial charge is 0.493 e. The number of hydrogen-bond acceptors (Lipinski definition) is 5. The van der Waals surface area contributed by atoms with Crippen LogP contribution in [0.3, 0.4) is 0 Å². The molecule has 0 aliphatic carbocycles. The summed E-state index contributed by atoms with van der Waals surface area (Å²) in [6, 6.07) is 9.54. The molecule has 0 spiro atoms. The maximum Gasteiger partial charge on any atom is 0.231 e. The zero-order valence-corrected chi connectivity index (χ0v) is 14.3. The molecule has 2 aromatic rings. The van der Waals surface area contributed by atoms with Gasteiger partial charge in [0, 0.05) is 10.0 Å². The van der Waals surface area contributed by atoms with Crippen LogP contribution in [0.25, 0.3) is 0 Å². The van der Waals surface area contributed by atoms with Crippen molar-refractivity contribution in [3.63, 3.8) is 0 Å². The highest BCUT2D eigenvalue weighted by Gasteiger charge is 2.33. The van der Waals surface area contributed by atoms with Crippen molar-refractivity contribution in [1.29, 1.82) is 0 Å². The fraction of sp³-hybridized carbons (Fsp3) is 0.294. The van der Waals surface area contributed by atoms with Crippen LogP contribution in [0.1, 0.15) is 18.6 Å². The molecule has 0 fully saturated rings. The Morgan fingerprint density at radius 1 is 1.04 bits per heavy atom. The van der Waals surface area contributed by atoms with Crippen LogP contribution in [0, 0.1) is 0 Å². The molecule has 2 heterocycles. The molecule has 0 bridgehead atoms. The first-order valence-corrected chi connectivity index (χ1v) is 8.05. The third-order valence-corrected chi connectivity index (χ3v) is 4.37. The Bertz CT molecular complexity index is 761. The Balaban J connectivity index is 1.71. The highest BCUT2D eigenvalue weighted by Crippen LogP contribution is 2.47. The van der Waals surface area contributed by atoms with Crippen LogP contribution in [0.15, 0.2) is 34.8 Å². The maximum atomic E-state index is 6.18. The number of fused-ring (bicyclic) bond motifs is 2. The summed E-state index contributed by atoms with van der Waals surface area (Å²) in [6.07, 6.45) is -0.408. The number of methoxy groups -OCH3 is 1. The van der Waals surface area contributed by atoms with Crippen molar-refractivity contribution in [2.24, 2.45) is 0 Å². The fourth-order valence-corrected chi connectivity index (χ4v) is 3.23. The summed E-state index contributed by atoms with van der Waals surface area (Å²) < 4.78 is 29.3. The lowest BCUT2D eigenvalue weighted by Crippen LogP contribution is -2.30. The van der Waals surface area contributed by atoms with E-state index in [1.807, 2.05) is 37.3 Å². The van der Waals surface area contributed by atoms with E-state index >= 15 is 0 Å². The van der Waals surface area contributed by atoms with Gasteiger partial charge in [-0.1, -0.05) is 22.0 Å². The van der Waals surface area contributed by atoms with E-state index in [-0.39, 0.29) is 19.0 Å². The van der Waals surface area contributed by atoms with Crippen LogP contribution in [-0.2, 0) is 0 Å². The van der Waals surface area contributed by atoms with Gasteiger partial charge in [-0.05, 0) is 31.2 Å². The monoisotopic (exact) mass is 378 g/mol. The minimum Gasteiger partial charge on any atom is -0.493 e. The zero-order valence-electron chi connectivity index (χ0n) is 12.7. The molecule has 120 valence electrons. The van der Waals surface area contributed by atoms with E-state index in [0.717, 1.165) is 21.5 Å². The molecule has 0 amide bonds. The Kier molecular flexibility index (Phi) is 3.49. The van der Waals surface area contributed by atoms with E-state index in [1.165, 1.54) is 0 Å². The Hall–Kier alpha value is -2.08. The van der Waals surface area contributed by atoms with Gasteiger partial charge in [-0.25, -0.2) is 0 Å². The van der Waals surface area contributed by atoms with Crippen LogP contribution in [0.5, 0.6) is 28.7 Å². The topological polar surface area (TPSA) is 46.2 Å². The number of rotatable bonds is 2. The standard InChI is InChI=1S/C17H15BrO5/c1-9-16(10-3-4-12-13(5-10)21-8-20-12)23-15-7-11(18)6-14(19-2)17(15)22-9/h3-7,9,16H,8H2,1-2H3/t9-,16-/m1/s1. The molecule has 2 atom stereocenters. The number of benzene rings is 2. The molecule has 0 saturated carbocycles. The zero-order chi connectivity index (χ0) is 16.0. The molecule has 0 radical (unpaired) electrons. The van der Waals surface area contributed by atoms with Crippen molar-refractivity contribution in [2.45, 2.75) is 19.1 Å². The maximum absolute atomic E-state index is 6.18. The molecule has 0 saturated heterocycles. The van der Waals surface area contributed by atoms with E-state index in [9.17, 15) is 0 Å². The van der Waals surface area contributed by atoms with Crippen LogP contribution < -0.4 is 23.7 Å². The van der Waals surface area contributed by atoms with Gasteiger partial charge in [0.15, 0.2) is 29.1 Å². The van der Waals surface area contributed by atoms with E-state index in [4.69, 9.17) is 23.7 Å². The van der Waals surface area contributed by atoms with Gasteiger partial charge in [0.2, 0.25) is 12.5 Å². The Morgan fingerprint density at radius 2 is 1.87 bits per heavy atom. The average Bonchev–Trinajstić information content (AvgIpc) is 3.01. The fourth-order valence-electron chi connectivity index (χ4n) is 2.81. The molecular formula is C17H15BrO5. The second-order valence-corrected chi connectivity index (χ2v) is 6.33. The van der Waals surface area contributed by atoms with Crippen LogP contribution in [0.4, 0.5) is 0 Å². The molecule has 2 aromatic carbocycles. The van der Waals surface area contributed by atoms with Crippen molar-refractivity contribution >= 4 is 15.9 Å². The highest BCUT2D eigenvalue weighted by molar-refractivity contribution is 9.10. The van der Waals surface area contributed by atoms with E-state index in [2.05, 4.69) is 15.9 Å². The van der Waals surface area contributed by atoms with Crippen molar-refractivity contribution in [3.05, 3.63) is 40.4 Å². The molecule has 0 N–H and O–H groups in total. The first-order chi connectivity index (χ1) is 11.2. The lowest BCUT2D eigenvalue weighted by molar-refractivity contribution is 0.0280. The average molecular weight is 379 g/mol. The van der Waals surface area contributed by atoms with Crippen LogP contribution in [0.2, 0.25) is 0 Å². The van der Waals surface area contributed by atoms with Gasteiger partial charge in [-0.2, -0.15) is 0 Å². The Labute approximate surface area is 142 Å².